The number of carbonyl (C=O) groups excluding carboxylic acids is 4. The molecule has 14 nitrogen and oxygen atoms in total. The third kappa shape index (κ3) is 11.0. The highest BCUT2D eigenvalue weighted by Crippen LogP contribution is 2.30. The number of amides is 4. The summed E-state index contributed by atoms with van der Waals surface area (Å²) < 4.78 is 0. The predicted octanol–water partition coefficient (Wildman–Crippen LogP) is 5.75. The standard InChI is InChI=1S/C49H62N8O6/c58-45(50-21-11-16-34-14-3-1-4-15-34)40-28-36(30-42(51-40)47(60)56-26-12-19-38(56)32-54-22-7-8-23-54)37-29-41(46(59)53-44(49(62)63)35-17-5-2-6-18-35)52-43(31-37)48(61)57-27-13-20-39(57)33-55-24-9-10-25-55/h1,3-4,11,14-16,28-31,35,38-39,44H,2,5-10,12-13,17-27,32-33H2,(H,50,58)(H,53,59)(H,62,63). The number of carboxylic acids is 1. The molecule has 3 aromatic rings. The van der Waals surface area contributed by atoms with Crippen LogP contribution in [0.4, 0.5) is 0 Å². The second-order valence-electron chi connectivity index (χ2n) is 18.1. The zero-order valence-corrected chi connectivity index (χ0v) is 36.4. The van der Waals surface area contributed by atoms with Gasteiger partial charge in [-0.2, -0.15) is 0 Å². The lowest BCUT2D eigenvalue weighted by molar-refractivity contribution is -0.141. The van der Waals surface area contributed by atoms with Crippen molar-refractivity contribution in [2.45, 2.75) is 102 Å². The normalized spacial score (nSPS) is 21.6. The summed E-state index contributed by atoms with van der Waals surface area (Å²) in [4.78, 5) is 87.7. The highest BCUT2D eigenvalue weighted by molar-refractivity contribution is 6.01. The molecule has 4 saturated heterocycles. The molecule has 63 heavy (non-hydrogen) atoms. The SMILES string of the molecule is O=C(NCC=Cc1ccccc1)c1cc(-c2cc(C(=O)NC(C(=O)O)C3CCCCC3)nc(C(=O)N3CCCC3CN3CCCC3)c2)cc(C(=O)N2CCCC2CN2CCCC2)n1. The van der Waals surface area contributed by atoms with Crippen molar-refractivity contribution < 1.29 is 29.1 Å². The predicted molar refractivity (Wildman–Crippen MR) is 240 cm³/mol. The van der Waals surface area contributed by atoms with Crippen molar-refractivity contribution in [2.75, 3.05) is 58.9 Å². The molecule has 6 heterocycles. The fourth-order valence-corrected chi connectivity index (χ4v) is 10.3. The third-order valence-corrected chi connectivity index (χ3v) is 13.7. The van der Waals surface area contributed by atoms with Gasteiger partial charge in [0.25, 0.3) is 23.6 Å². The molecule has 14 heteroatoms. The number of pyridine rings is 2. The summed E-state index contributed by atoms with van der Waals surface area (Å²) in [7, 11) is 0. The van der Waals surface area contributed by atoms with Crippen LogP contribution < -0.4 is 10.6 Å². The first-order valence-electron chi connectivity index (χ1n) is 23.3. The second kappa shape index (κ2) is 20.8. The molecular weight excluding hydrogens is 797 g/mol. The molecule has 2 aromatic heterocycles. The van der Waals surface area contributed by atoms with Crippen LogP contribution in [0.2, 0.25) is 0 Å². The first kappa shape index (κ1) is 44.1. The number of rotatable bonds is 15. The quantitative estimate of drug-likeness (QED) is 0.171. The molecular formula is C49H62N8O6. The van der Waals surface area contributed by atoms with Crippen LogP contribution in [-0.2, 0) is 4.79 Å². The molecule has 0 radical (unpaired) electrons. The minimum Gasteiger partial charge on any atom is -0.480 e. The summed E-state index contributed by atoms with van der Waals surface area (Å²) in [5.41, 5.74) is 1.83. The minimum atomic E-state index is -1.11. The van der Waals surface area contributed by atoms with E-state index in [1.54, 1.807) is 18.2 Å². The van der Waals surface area contributed by atoms with E-state index in [-0.39, 0.29) is 59.1 Å². The van der Waals surface area contributed by atoms with Crippen LogP contribution >= 0.6 is 0 Å². The van der Waals surface area contributed by atoms with E-state index in [1.807, 2.05) is 52.3 Å². The largest absolute Gasteiger partial charge is 0.480 e. The summed E-state index contributed by atoms with van der Waals surface area (Å²) in [5.74, 6) is -3.11. The topological polar surface area (TPSA) is 168 Å². The highest BCUT2D eigenvalue weighted by atomic mass is 16.4. The Balaban J connectivity index is 1.15. The van der Waals surface area contributed by atoms with Crippen molar-refractivity contribution in [3.63, 3.8) is 0 Å². The smallest absolute Gasteiger partial charge is 0.326 e. The average molecular weight is 859 g/mol. The summed E-state index contributed by atoms with van der Waals surface area (Å²) in [6.07, 6.45) is 16.0. The van der Waals surface area contributed by atoms with E-state index in [9.17, 15) is 29.1 Å². The zero-order valence-electron chi connectivity index (χ0n) is 36.4. The van der Waals surface area contributed by atoms with E-state index in [0.717, 1.165) is 115 Å². The van der Waals surface area contributed by atoms with E-state index in [0.29, 0.717) is 37.1 Å². The van der Waals surface area contributed by atoms with Crippen LogP contribution in [0.5, 0.6) is 0 Å². The van der Waals surface area contributed by atoms with Crippen molar-refractivity contribution in [3.8, 4) is 11.1 Å². The van der Waals surface area contributed by atoms with Gasteiger partial charge in [-0.15, -0.1) is 0 Å². The van der Waals surface area contributed by atoms with Gasteiger partial charge in [-0.3, -0.25) is 19.2 Å². The Labute approximate surface area is 370 Å². The number of aliphatic carboxylic acids is 1. The van der Waals surface area contributed by atoms with Gasteiger partial charge in [0.05, 0.1) is 0 Å². The summed E-state index contributed by atoms with van der Waals surface area (Å²) in [6.45, 7) is 6.93. The maximum atomic E-state index is 14.6. The maximum absolute atomic E-state index is 14.6. The lowest BCUT2D eigenvalue weighted by atomic mass is 9.84. The Morgan fingerprint density at radius 2 is 1.13 bits per heavy atom. The number of carbonyl (C=O) groups is 5. The van der Waals surface area contributed by atoms with Crippen LogP contribution in [0.25, 0.3) is 17.2 Å². The second-order valence-corrected chi connectivity index (χ2v) is 18.1. The maximum Gasteiger partial charge on any atom is 0.326 e. The van der Waals surface area contributed by atoms with Gasteiger partial charge in [0.15, 0.2) is 0 Å². The van der Waals surface area contributed by atoms with E-state index in [1.165, 1.54) is 6.07 Å². The molecule has 5 aliphatic rings. The Morgan fingerprint density at radius 1 is 0.619 bits per heavy atom. The Morgan fingerprint density at radius 3 is 1.65 bits per heavy atom. The Hall–Kier alpha value is -5.47. The number of benzene rings is 1. The van der Waals surface area contributed by atoms with Gasteiger partial charge < -0.3 is 35.3 Å². The van der Waals surface area contributed by atoms with Crippen molar-refractivity contribution in [1.29, 1.82) is 0 Å². The van der Waals surface area contributed by atoms with Gasteiger partial charge >= 0.3 is 5.97 Å². The first-order chi connectivity index (χ1) is 30.7. The van der Waals surface area contributed by atoms with Crippen LogP contribution in [0.15, 0.2) is 60.7 Å². The molecule has 3 N–H and O–H groups in total. The van der Waals surface area contributed by atoms with E-state index >= 15 is 0 Å². The molecule has 1 aliphatic carbocycles. The van der Waals surface area contributed by atoms with Gasteiger partial charge in [0, 0.05) is 44.8 Å². The molecule has 4 amide bonds. The number of aromatic nitrogens is 2. The highest BCUT2D eigenvalue weighted by Gasteiger charge is 2.36. The fraction of sp³-hybridized carbons (Fsp3) is 0.531. The summed E-state index contributed by atoms with van der Waals surface area (Å²) in [5, 5.41) is 16.0. The zero-order chi connectivity index (χ0) is 43.7. The van der Waals surface area contributed by atoms with Crippen LogP contribution in [-0.4, -0.2) is 141 Å². The number of carboxylic acid groups (broad SMARTS) is 1. The van der Waals surface area contributed by atoms with Crippen LogP contribution in [0.1, 0.15) is 131 Å². The number of nitrogens with zero attached hydrogens (tertiary/aromatic N) is 6. The Bertz CT molecular complexity index is 2150. The molecule has 5 fully saturated rings. The molecule has 3 atom stereocenters. The monoisotopic (exact) mass is 858 g/mol. The number of hydrogen-bond acceptors (Lipinski definition) is 9. The Kier molecular flexibility index (Phi) is 14.6. The number of hydrogen-bond donors (Lipinski definition) is 3. The lowest BCUT2D eigenvalue weighted by Gasteiger charge is -2.29. The van der Waals surface area contributed by atoms with Crippen molar-refractivity contribution in [3.05, 3.63) is 89.0 Å². The lowest BCUT2D eigenvalue weighted by Crippen LogP contribution is -2.47. The molecule has 1 aromatic carbocycles. The summed E-state index contributed by atoms with van der Waals surface area (Å²) in [6, 6.07) is 15.0. The molecule has 0 spiro atoms. The van der Waals surface area contributed by atoms with E-state index < -0.39 is 23.8 Å². The van der Waals surface area contributed by atoms with Gasteiger partial charge in [-0.05, 0) is 137 Å². The fourth-order valence-electron chi connectivity index (χ4n) is 10.3. The van der Waals surface area contributed by atoms with Crippen LogP contribution in [0.3, 0.4) is 0 Å². The molecule has 0 bridgehead atoms. The first-order valence-corrected chi connectivity index (χ1v) is 23.3. The van der Waals surface area contributed by atoms with Crippen LogP contribution in [0, 0.1) is 5.92 Å². The van der Waals surface area contributed by atoms with E-state index in [4.69, 9.17) is 0 Å². The summed E-state index contributed by atoms with van der Waals surface area (Å²) >= 11 is 0. The van der Waals surface area contributed by atoms with Crippen molar-refractivity contribution >= 4 is 35.7 Å². The molecule has 4 aliphatic heterocycles. The number of likely N-dealkylation sites (tertiary alicyclic amines) is 4. The minimum absolute atomic E-state index is 0.00798. The number of nitrogens with one attached hydrogen (secondary N) is 2. The molecule has 3 unspecified atom stereocenters. The third-order valence-electron chi connectivity index (χ3n) is 13.7. The van der Waals surface area contributed by atoms with Gasteiger partial charge in [0.2, 0.25) is 0 Å². The van der Waals surface area contributed by atoms with E-state index in [2.05, 4.69) is 30.4 Å². The van der Waals surface area contributed by atoms with Gasteiger partial charge in [0.1, 0.15) is 28.8 Å². The molecule has 1 saturated carbocycles. The molecule has 334 valence electrons. The average Bonchev–Trinajstić information content (AvgIpc) is 4.17. The molecule has 8 rings (SSSR count). The van der Waals surface area contributed by atoms with Gasteiger partial charge in [-0.1, -0.05) is 61.7 Å². The van der Waals surface area contributed by atoms with Crippen molar-refractivity contribution in [2.24, 2.45) is 5.92 Å². The van der Waals surface area contributed by atoms with Crippen molar-refractivity contribution in [1.82, 2.24) is 40.2 Å². The van der Waals surface area contributed by atoms with Gasteiger partial charge in [-0.25, -0.2) is 14.8 Å².